The molecule has 0 aliphatic carbocycles. The Bertz CT molecular complexity index is 301. The third-order valence-corrected chi connectivity index (χ3v) is 3.64. The Labute approximate surface area is 96.1 Å². The molecule has 76 valence electrons. The lowest BCUT2D eigenvalue weighted by atomic mass is 9.98. The van der Waals surface area contributed by atoms with Crippen LogP contribution in [0.1, 0.15) is 30.4 Å². The first kappa shape index (κ1) is 11.7. The van der Waals surface area contributed by atoms with E-state index in [0.717, 1.165) is 10.6 Å². The SMILES string of the molecule is CSC(=S)CC(C)c1ccc(C)cc1. The minimum absolute atomic E-state index is 0.538. The quantitative estimate of drug-likeness (QED) is 0.706. The van der Waals surface area contributed by atoms with Gasteiger partial charge in [0.05, 0.1) is 0 Å². The molecular weight excluding hydrogens is 208 g/mol. The number of thioether (sulfide) groups is 1. The molecule has 0 nitrogen and oxygen atoms in total. The van der Waals surface area contributed by atoms with Crippen molar-refractivity contribution in [3.63, 3.8) is 0 Å². The predicted molar refractivity (Wildman–Crippen MR) is 70.3 cm³/mol. The number of benzene rings is 1. The summed E-state index contributed by atoms with van der Waals surface area (Å²) in [6.07, 6.45) is 3.05. The van der Waals surface area contributed by atoms with Gasteiger partial charge in [-0.25, -0.2) is 0 Å². The van der Waals surface area contributed by atoms with Crippen LogP contribution in [0.2, 0.25) is 0 Å². The second-order valence-electron chi connectivity index (χ2n) is 3.59. The topological polar surface area (TPSA) is 0 Å². The highest BCUT2D eigenvalue weighted by Gasteiger charge is 2.07. The minimum Gasteiger partial charge on any atom is -0.122 e. The van der Waals surface area contributed by atoms with Gasteiger partial charge in [0, 0.05) is 4.20 Å². The van der Waals surface area contributed by atoms with Crippen molar-refractivity contribution in [3.05, 3.63) is 35.4 Å². The van der Waals surface area contributed by atoms with Crippen molar-refractivity contribution >= 4 is 28.2 Å². The van der Waals surface area contributed by atoms with Crippen molar-refractivity contribution in [3.8, 4) is 0 Å². The van der Waals surface area contributed by atoms with E-state index in [1.807, 2.05) is 6.26 Å². The van der Waals surface area contributed by atoms with Gasteiger partial charge in [0.2, 0.25) is 0 Å². The zero-order valence-corrected chi connectivity index (χ0v) is 10.5. The molecule has 1 rings (SSSR count). The molecule has 0 saturated carbocycles. The van der Waals surface area contributed by atoms with Crippen molar-refractivity contribution in [2.75, 3.05) is 6.26 Å². The van der Waals surface area contributed by atoms with Crippen LogP contribution in [-0.2, 0) is 0 Å². The van der Waals surface area contributed by atoms with Gasteiger partial charge in [-0.3, -0.25) is 0 Å². The lowest BCUT2D eigenvalue weighted by Crippen LogP contribution is -1.98. The third kappa shape index (κ3) is 3.43. The van der Waals surface area contributed by atoms with Crippen LogP contribution in [0, 0.1) is 6.92 Å². The molecule has 0 aromatic heterocycles. The van der Waals surface area contributed by atoms with E-state index in [9.17, 15) is 0 Å². The highest BCUT2D eigenvalue weighted by Crippen LogP contribution is 2.22. The van der Waals surface area contributed by atoms with Gasteiger partial charge >= 0.3 is 0 Å². The maximum absolute atomic E-state index is 5.22. The molecular formula is C12H16S2. The molecule has 0 heterocycles. The molecule has 1 aromatic carbocycles. The summed E-state index contributed by atoms with van der Waals surface area (Å²) >= 11 is 6.90. The van der Waals surface area contributed by atoms with E-state index in [0.29, 0.717) is 5.92 Å². The van der Waals surface area contributed by atoms with Crippen LogP contribution in [0.4, 0.5) is 0 Å². The molecule has 1 atom stereocenters. The van der Waals surface area contributed by atoms with Crippen LogP contribution >= 0.6 is 24.0 Å². The molecule has 0 spiro atoms. The summed E-state index contributed by atoms with van der Waals surface area (Å²) in [7, 11) is 0. The lowest BCUT2D eigenvalue weighted by Gasteiger charge is -2.11. The van der Waals surface area contributed by atoms with E-state index >= 15 is 0 Å². The van der Waals surface area contributed by atoms with Gasteiger partial charge in [0.1, 0.15) is 0 Å². The molecule has 0 radical (unpaired) electrons. The summed E-state index contributed by atoms with van der Waals surface area (Å²) in [5.74, 6) is 0.538. The minimum atomic E-state index is 0.538. The molecule has 0 N–H and O–H groups in total. The van der Waals surface area contributed by atoms with Gasteiger partial charge in [0.15, 0.2) is 0 Å². The highest BCUT2D eigenvalue weighted by atomic mass is 32.2. The summed E-state index contributed by atoms with van der Waals surface area (Å²) in [6.45, 7) is 4.34. The van der Waals surface area contributed by atoms with Crippen molar-refractivity contribution in [2.24, 2.45) is 0 Å². The Morgan fingerprint density at radius 1 is 1.36 bits per heavy atom. The van der Waals surface area contributed by atoms with E-state index in [-0.39, 0.29) is 0 Å². The molecule has 0 aliphatic rings. The molecule has 2 heteroatoms. The van der Waals surface area contributed by atoms with Gasteiger partial charge < -0.3 is 0 Å². The number of hydrogen-bond acceptors (Lipinski definition) is 2. The summed E-state index contributed by atoms with van der Waals surface area (Å²) in [5.41, 5.74) is 2.69. The Morgan fingerprint density at radius 2 is 1.93 bits per heavy atom. The summed E-state index contributed by atoms with van der Waals surface area (Å²) in [5, 5.41) is 0. The van der Waals surface area contributed by atoms with Crippen molar-refractivity contribution in [1.82, 2.24) is 0 Å². The normalized spacial score (nSPS) is 12.5. The smallest absolute Gasteiger partial charge is 0.0481 e. The fourth-order valence-corrected chi connectivity index (χ4v) is 2.01. The maximum Gasteiger partial charge on any atom is 0.0481 e. The molecule has 0 fully saturated rings. The van der Waals surface area contributed by atoms with Crippen molar-refractivity contribution < 1.29 is 0 Å². The number of hydrogen-bond donors (Lipinski definition) is 0. The monoisotopic (exact) mass is 224 g/mol. The van der Waals surface area contributed by atoms with Crippen LogP contribution in [-0.4, -0.2) is 10.5 Å². The predicted octanol–water partition coefficient (Wildman–Crippen LogP) is 4.18. The van der Waals surface area contributed by atoms with Crippen LogP contribution in [0.3, 0.4) is 0 Å². The average Bonchev–Trinajstić information content (AvgIpc) is 2.18. The Balaban J connectivity index is 2.65. The largest absolute Gasteiger partial charge is 0.122 e. The summed E-state index contributed by atoms with van der Waals surface area (Å²) < 4.78 is 1.10. The zero-order valence-electron chi connectivity index (χ0n) is 8.91. The average molecular weight is 224 g/mol. The Kier molecular flexibility index (Phi) is 4.63. The molecule has 0 saturated heterocycles. The van der Waals surface area contributed by atoms with Gasteiger partial charge in [0.25, 0.3) is 0 Å². The number of thiocarbonyl (C=S) groups is 1. The fraction of sp³-hybridized carbons (Fsp3) is 0.417. The van der Waals surface area contributed by atoms with Crippen LogP contribution in [0.15, 0.2) is 24.3 Å². The summed E-state index contributed by atoms with van der Waals surface area (Å²) in [4.78, 5) is 0. The highest BCUT2D eigenvalue weighted by molar-refractivity contribution is 8.22. The van der Waals surface area contributed by atoms with E-state index in [2.05, 4.69) is 38.1 Å². The Hall–Kier alpha value is -0.340. The van der Waals surface area contributed by atoms with E-state index in [1.165, 1.54) is 11.1 Å². The van der Waals surface area contributed by atoms with Crippen LogP contribution < -0.4 is 0 Å². The van der Waals surface area contributed by atoms with E-state index in [1.54, 1.807) is 11.8 Å². The van der Waals surface area contributed by atoms with Crippen molar-refractivity contribution in [1.29, 1.82) is 0 Å². The Morgan fingerprint density at radius 3 is 2.43 bits per heavy atom. The van der Waals surface area contributed by atoms with Crippen molar-refractivity contribution in [2.45, 2.75) is 26.2 Å². The fourth-order valence-electron chi connectivity index (χ4n) is 1.35. The van der Waals surface area contributed by atoms with Crippen LogP contribution in [0.25, 0.3) is 0 Å². The first-order valence-corrected chi connectivity index (χ1v) is 6.40. The second kappa shape index (κ2) is 5.52. The van der Waals surface area contributed by atoms with E-state index in [4.69, 9.17) is 12.2 Å². The van der Waals surface area contributed by atoms with Gasteiger partial charge in [-0.05, 0) is 31.1 Å². The maximum atomic E-state index is 5.22. The van der Waals surface area contributed by atoms with Gasteiger partial charge in [-0.1, -0.05) is 49.0 Å². The molecule has 0 bridgehead atoms. The van der Waals surface area contributed by atoms with E-state index < -0.39 is 0 Å². The number of rotatable bonds is 3. The molecule has 14 heavy (non-hydrogen) atoms. The summed E-state index contributed by atoms with van der Waals surface area (Å²) in [6, 6.07) is 8.72. The van der Waals surface area contributed by atoms with Gasteiger partial charge in [-0.2, -0.15) is 0 Å². The lowest BCUT2D eigenvalue weighted by molar-refractivity contribution is 0.815. The molecule has 0 aliphatic heterocycles. The number of aryl methyl sites for hydroxylation is 1. The van der Waals surface area contributed by atoms with Gasteiger partial charge in [-0.15, -0.1) is 11.8 Å². The molecule has 0 amide bonds. The first-order valence-electron chi connectivity index (χ1n) is 4.77. The standard InChI is InChI=1S/C12H16S2/c1-9-4-6-11(7-5-9)10(2)8-12(13)14-3/h4-7,10H,8H2,1-3H3. The zero-order chi connectivity index (χ0) is 10.6. The third-order valence-electron chi connectivity index (χ3n) is 2.35. The molecule has 1 unspecified atom stereocenters. The van der Waals surface area contributed by atoms with Crippen LogP contribution in [0.5, 0.6) is 0 Å². The second-order valence-corrected chi connectivity index (χ2v) is 5.24. The molecule has 1 aromatic rings. The first-order chi connectivity index (χ1) is 6.63.